The molecule has 1 saturated heterocycles. The first-order valence-corrected chi connectivity index (χ1v) is 10.4. The van der Waals surface area contributed by atoms with E-state index in [1.807, 2.05) is 6.26 Å². The zero-order valence-corrected chi connectivity index (χ0v) is 14.4. The largest absolute Gasteiger partial charge is 0.316 e. The monoisotopic (exact) mass is 323 g/mol. The number of hydrogen-bond donors (Lipinski definition) is 2. The molecule has 0 amide bonds. The summed E-state index contributed by atoms with van der Waals surface area (Å²) in [6, 6.07) is 0. The van der Waals surface area contributed by atoms with Crippen LogP contribution in [-0.2, 0) is 10.2 Å². The van der Waals surface area contributed by atoms with Gasteiger partial charge in [0.25, 0.3) is 10.2 Å². The Hall–Kier alpha value is 0.180. The fraction of sp³-hybridized carbons (Fsp3) is 1.00. The number of piperidine rings is 1. The summed E-state index contributed by atoms with van der Waals surface area (Å²) in [5.74, 6) is 1.61. The van der Waals surface area contributed by atoms with Gasteiger partial charge in [0.2, 0.25) is 0 Å². The fourth-order valence-corrected chi connectivity index (χ4v) is 4.06. The lowest BCUT2D eigenvalue weighted by atomic mass is 9.98. The minimum absolute atomic E-state index is 0.543. The highest BCUT2D eigenvalue weighted by Gasteiger charge is 2.27. The maximum Gasteiger partial charge on any atom is 0.279 e. The lowest BCUT2D eigenvalue weighted by Crippen LogP contribution is -2.46. The van der Waals surface area contributed by atoms with Crippen LogP contribution < -0.4 is 10.0 Å². The van der Waals surface area contributed by atoms with Gasteiger partial charge in [-0.3, -0.25) is 0 Å². The number of hydrogen-bond acceptors (Lipinski definition) is 4. The fourth-order valence-electron chi connectivity index (χ4n) is 2.35. The van der Waals surface area contributed by atoms with E-state index in [-0.39, 0.29) is 0 Å². The molecule has 120 valence electrons. The smallest absolute Gasteiger partial charge is 0.279 e. The van der Waals surface area contributed by atoms with Gasteiger partial charge in [0, 0.05) is 19.6 Å². The Morgan fingerprint density at radius 3 is 2.55 bits per heavy atom. The Morgan fingerprint density at radius 2 is 1.95 bits per heavy atom. The van der Waals surface area contributed by atoms with Crippen molar-refractivity contribution in [1.82, 2.24) is 14.3 Å². The molecule has 1 heterocycles. The average molecular weight is 324 g/mol. The number of rotatable bonds is 10. The minimum atomic E-state index is -3.26. The molecule has 20 heavy (non-hydrogen) atoms. The molecule has 1 aliphatic heterocycles. The van der Waals surface area contributed by atoms with Crippen LogP contribution in [0.3, 0.4) is 0 Å². The van der Waals surface area contributed by atoms with Crippen molar-refractivity contribution in [3.8, 4) is 0 Å². The summed E-state index contributed by atoms with van der Waals surface area (Å²) in [6.07, 6.45) is 5.99. The van der Waals surface area contributed by atoms with E-state index in [9.17, 15) is 8.42 Å². The standard InChI is InChI=1S/C13H29N3O2S2/c1-3-7-14-12-13-5-9-16(10-6-13)20(17,18)15-8-4-11-19-2/h13-15H,3-12H2,1-2H3. The molecule has 1 fully saturated rings. The van der Waals surface area contributed by atoms with Gasteiger partial charge in [-0.15, -0.1) is 0 Å². The van der Waals surface area contributed by atoms with Crippen molar-refractivity contribution < 1.29 is 8.42 Å². The lowest BCUT2D eigenvalue weighted by molar-refractivity contribution is 0.265. The third-order valence-corrected chi connectivity index (χ3v) is 5.89. The van der Waals surface area contributed by atoms with Crippen LogP contribution >= 0.6 is 11.8 Å². The van der Waals surface area contributed by atoms with Crippen LogP contribution in [0.5, 0.6) is 0 Å². The first-order valence-electron chi connectivity index (χ1n) is 7.54. The maximum absolute atomic E-state index is 12.1. The van der Waals surface area contributed by atoms with Gasteiger partial charge < -0.3 is 5.32 Å². The number of nitrogens with zero attached hydrogens (tertiary/aromatic N) is 1. The van der Waals surface area contributed by atoms with E-state index in [4.69, 9.17) is 0 Å². The van der Waals surface area contributed by atoms with Gasteiger partial charge in [0.1, 0.15) is 0 Å². The predicted octanol–water partition coefficient (Wildman–Crippen LogP) is 1.29. The Morgan fingerprint density at radius 1 is 1.25 bits per heavy atom. The van der Waals surface area contributed by atoms with Gasteiger partial charge in [-0.2, -0.15) is 24.5 Å². The van der Waals surface area contributed by atoms with E-state index in [0.717, 1.165) is 44.5 Å². The summed E-state index contributed by atoms with van der Waals surface area (Å²) in [5, 5.41) is 3.42. The molecule has 1 aliphatic rings. The summed E-state index contributed by atoms with van der Waals surface area (Å²) < 4.78 is 28.5. The SMILES string of the molecule is CCCNCC1CCN(S(=O)(=O)NCCCSC)CC1. The Bertz CT molecular complexity index is 342. The summed E-state index contributed by atoms with van der Waals surface area (Å²) >= 11 is 1.74. The van der Waals surface area contributed by atoms with E-state index >= 15 is 0 Å². The molecule has 0 bridgehead atoms. The molecule has 1 rings (SSSR count). The second-order valence-electron chi connectivity index (χ2n) is 5.29. The molecule has 5 nitrogen and oxygen atoms in total. The Balaban J connectivity index is 2.25. The number of thioether (sulfide) groups is 1. The van der Waals surface area contributed by atoms with Gasteiger partial charge in [-0.25, -0.2) is 4.72 Å². The molecule has 0 aromatic rings. The van der Waals surface area contributed by atoms with E-state index in [2.05, 4.69) is 17.0 Å². The van der Waals surface area contributed by atoms with Gasteiger partial charge in [-0.05, 0) is 56.7 Å². The second-order valence-corrected chi connectivity index (χ2v) is 8.03. The number of nitrogens with one attached hydrogen (secondary N) is 2. The zero-order valence-electron chi connectivity index (χ0n) is 12.7. The van der Waals surface area contributed by atoms with E-state index < -0.39 is 10.2 Å². The topological polar surface area (TPSA) is 61.4 Å². The third-order valence-electron chi connectivity index (χ3n) is 3.58. The average Bonchev–Trinajstić information content (AvgIpc) is 2.45. The molecular weight excluding hydrogens is 294 g/mol. The highest BCUT2D eigenvalue weighted by molar-refractivity contribution is 7.98. The van der Waals surface area contributed by atoms with Crippen LogP contribution in [0.15, 0.2) is 0 Å². The highest BCUT2D eigenvalue weighted by atomic mass is 32.2. The van der Waals surface area contributed by atoms with Crippen LogP contribution in [0.2, 0.25) is 0 Å². The molecule has 7 heteroatoms. The molecule has 0 unspecified atom stereocenters. The van der Waals surface area contributed by atoms with Crippen LogP contribution in [-0.4, -0.2) is 57.5 Å². The summed E-state index contributed by atoms with van der Waals surface area (Å²) in [6.45, 7) is 6.07. The molecule has 0 spiro atoms. The van der Waals surface area contributed by atoms with Crippen molar-refractivity contribution in [3.05, 3.63) is 0 Å². The second kappa shape index (κ2) is 10.00. The Kier molecular flexibility index (Phi) is 9.11. The molecule has 0 saturated carbocycles. The maximum atomic E-state index is 12.1. The van der Waals surface area contributed by atoms with Crippen molar-refractivity contribution in [2.75, 3.05) is 44.7 Å². The quantitative estimate of drug-likeness (QED) is 0.595. The van der Waals surface area contributed by atoms with Crippen LogP contribution in [0.4, 0.5) is 0 Å². The van der Waals surface area contributed by atoms with Crippen molar-refractivity contribution in [3.63, 3.8) is 0 Å². The molecule has 0 aromatic heterocycles. The third kappa shape index (κ3) is 6.76. The van der Waals surface area contributed by atoms with Crippen LogP contribution in [0, 0.1) is 5.92 Å². The van der Waals surface area contributed by atoms with Crippen molar-refractivity contribution in [2.45, 2.75) is 32.6 Å². The van der Waals surface area contributed by atoms with Crippen LogP contribution in [0.25, 0.3) is 0 Å². The molecule has 0 aliphatic carbocycles. The van der Waals surface area contributed by atoms with Gasteiger partial charge in [-0.1, -0.05) is 6.92 Å². The molecule has 0 aromatic carbocycles. The van der Waals surface area contributed by atoms with E-state index in [1.165, 1.54) is 0 Å². The van der Waals surface area contributed by atoms with Crippen molar-refractivity contribution in [2.24, 2.45) is 5.92 Å². The normalized spacial score (nSPS) is 18.5. The minimum Gasteiger partial charge on any atom is -0.316 e. The molecule has 0 atom stereocenters. The van der Waals surface area contributed by atoms with Crippen LogP contribution in [0.1, 0.15) is 32.6 Å². The van der Waals surface area contributed by atoms with Crippen molar-refractivity contribution >= 4 is 22.0 Å². The molecule has 0 radical (unpaired) electrons. The summed E-state index contributed by atoms with van der Waals surface area (Å²) in [5.41, 5.74) is 0. The summed E-state index contributed by atoms with van der Waals surface area (Å²) in [4.78, 5) is 0. The first kappa shape index (κ1) is 18.2. The zero-order chi connectivity index (χ0) is 14.8. The van der Waals surface area contributed by atoms with Crippen molar-refractivity contribution in [1.29, 1.82) is 0 Å². The lowest BCUT2D eigenvalue weighted by Gasteiger charge is -2.31. The highest BCUT2D eigenvalue weighted by Crippen LogP contribution is 2.18. The summed E-state index contributed by atoms with van der Waals surface area (Å²) in [7, 11) is -3.26. The van der Waals surface area contributed by atoms with Gasteiger partial charge >= 0.3 is 0 Å². The molecule has 2 N–H and O–H groups in total. The Labute approximate surface area is 128 Å². The first-order chi connectivity index (χ1) is 9.60. The van der Waals surface area contributed by atoms with E-state index in [1.54, 1.807) is 16.1 Å². The van der Waals surface area contributed by atoms with Gasteiger partial charge in [0.15, 0.2) is 0 Å². The predicted molar refractivity (Wildman–Crippen MR) is 87.4 cm³/mol. The van der Waals surface area contributed by atoms with Gasteiger partial charge in [0.05, 0.1) is 0 Å². The van der Waals surface area contributed by atoms with E-state index in [0.29, 0.717) is 25.6 Å². The molecular formula is C13H29N3O2S2.